The Balaban J connectivity index is 1.77. The fourth-order valence-corrected chi connectivity index (χ4v) is 4.90. The van der Waals surface area contributed by atoms with E-state index in [4.69, 9.17) is 11.6 Å². The van der Waals surface area contributed by atoms with Crippen LogP contribution < -0.4 is 10.5 Å². The molecule has 4 nitrogen and oxygen atoms in total. The van der Waals surface area contributed by atoms with Crippen LogP contribution in [0, 0.1) is 0 Å². The van der Waals surface area contributed by atoms with E-state index in [2.05, 4.69) is 5.10 Å². The van der Waals surface area contributed by atoms with Gasteiger partial charge < -0.3 is 4.90 Å². The average Bonchev–Trinajstić information content (AvgIpc) is 3.46. The zero-order chi connectivity index (χ0) is 22.5. The van der Waals surface area contributed by atoms with E-state index >= 15 is 0 Å². The lowest BCUT2D eigenvalue weighted by atomic mass is 10.0. The molecule has 2 aromatic carbocycles. The zero-order valence-corrected chi connectivity index (χ0v) is 18.0. The third kappa shape index (κ3) is 3.68. The quantitative estimate of drug-likeness (QED) is 0.507. The van der Waals surface area contributed by atoms with Gasteiger partial charge in [-0.3, -0.25) is 4.79 Å². The summed E-state index contributed by atoms with van der Waals surface area (Å²) in [5.41, 5.74) is 1.63. The van der Waals surface area contributed by atoms with Crippen LogP contribution in [0.5, 0.6) is 0 Å². The summed E-state index contributed by atoms with van der Waals surface area (Å²) in [6.45, 7) is 1.57. The summed E-state index contributed by atoms with van der Waals surface area (Å²) in [5.74, 6) is 0. The Hall–Kier alpha value is -2.80. The minimum atomic E-state index is -4.62. The van der Waals surface area contributed by atoms with Gasteiger partial charge in [-0.25, -0.2) is 0 Å². The molecule has 0 saturated carbocycles. The van der Waals surface area contributed by atoms with Crippen LogP contribution in [0.3, 0.4) is 0 Å². The van der Waals surface area contributed by atoms with Crippen LogP contribution in [0.25, 0.3) is 16.9 Å². The van der Waals surface area contributed by atoms with Gasteiger partial charge in [0, 0.05) is 34.9 Å². The number of hydrogen-bond donors (Lipinski definition) is 0. The highest BCUT2D eigenvalue weighted by atomic mass is 35.5. The van der Waals surface area contributed by atoms with Crippen LogP contribution in [0.2, 0.25) is 5.02 Å². The number of alkyl halides is 3. The lowest BCUT2D eigenvalue weighted by Crippen LogP contribution is -2.28. The molecule has 5 rings (SSSR count). The SMILES string of the molecule is O=c1c2c(c(-c3cccc(Cl)c3)nn1-c1cc(N3CCCC3)ccc1C(F)(F)F)CCC2. The Labute approximate surface area is 188 Å². The molecule has 3 aromatic rings. The Morgan fingerprint density at radius 1 is 0.938 bits per heavy atom. The lowest BCUT2D eigenvalue weighted by Gasteiger charge is -2.22. The maximum Gasteiger partial charge on any atom is 0.418 e. The van der Waals surface area contributed by atoms with Crippen molar-refractivity contribution in [3.8, 4) is 16.9 Å². The van der Waals surface area contributed by atoms with Gasteiger partial charge in [-0.15, -0.1) is 0 Å². The monoisotopic (exact) mass is 459 g/mol. The molecular weight excluding hydrogens is 439 g/mol. The number of rotatable bonds is 3. The van der Waals surface area contributed by atoms with Crippen molar-refractivity contribution >= 4 is 17.3 Å². The van der Waals surface area contributed by atoms with E-state index in [-0.39, 0.29) is 5.69 Å². The number of anilines is 1. The van der Waals surface area contributed by atoms with Crippen LogP contribution >= 0.6 is 11.6 Å². The number of hydrogen-bond acceptors (Lipinski definition) is 3. The van der Waals surface area contributed by atoms with Crippen molar-refractivity contribution in [1.82, 2.24) is 9.78 Å². The number of aromatic nitrogens is 2. The van der Waals surface area contributed by atoms with E-state index in [1.54, 1.807) is 18.2 Å². The molecule has 0 N–H and O–H groups in total. The van der Waals surface area contributed by atoms with Gasteiger partial charge in [0.1, 0.15) is 0 Å². The van der Waals surface area contributed by atoms with E-state index in [0.29, 0.717) is 40.4 Å². The van der Waals surface area contributed by atoms with Crippen molar-refractivity contribution in [2.75, 3.05) is 18.0 Å². The van der Waals surface area contributed by atoms with Gasteiger partial charge in [0.25, 0.3) is 5.56 Å². The minimum absolute atomic E-state index is 0.232. The molecule has 1 aliphatic carbocycles. The maximum absolute atomic E-state index is 14.0. The minimum Gasteiger partial charge on any atom is -0.371 e. The van der Waals surface area contributed by atoms with Gasteiger partial charge in [0.15, 0.2) is 0 Å². The van der Waals surface area contributed by atoms with Crippen molar-refractivity contribution in [3.63, 3.8) is 0 Å². The van der Waals surface area contributed by atoms with E-state index in [0.717, 1.165) is 48.7 Å². The molecule has 2 aliphatic rings. The number of benzene rings is 2. The van der Waals surface area contributed by atoms with Crippen LogP contribution in [-0.4, -0.2) is 22.9 Å². The Kier molecular flexibility index (Phi) is 5.24. The molecule has 8 heteroatoms. The van der Waals surface area contributed by atoms with E-state index in [9.17, 15) is 18.0 Å². The predicted molar refractivity (Wildman–Crippen MR) is 119 cm³/mol. The van der Waals surface area contributed by atoms with Crippen molar-refractivity contribution in [2.24, 2.45) is 0 Å². The molecular formula is C24H21ClF3N3O. The highest BCUT2D eigenvalue weighted by molar-refractivity contribution is 6.30. The molecule has 1 aromatic heterocycles. The fourth-order valence-electron chi connectivity index (χ4n) is 4.71. The maximum atomic E-state index is 14.0. The molecule has 1 fully saturated rings. The van der Waals surface area contributed by atoms with Crippen molar-refractivity contribution in [2.45, 2.75) is 38.3 Å². The van der Waals surface area contributed by atoms with Crippen LogP contribution in [0.4, 0.5) is 18.9 Å². The summed E-state index contributed by atoms with van der Waals surface area (Å²) in [6, 6.07) is 11.0. The second-order valence-electron chi connectivity index (χ2n) is 8.28. The summed E-state index contributed by atoms with van der Waals surface area (Å²) in [7, 11) is 0. The van der Waals surface area contributed by atoms with Crippen molar-refractivity contribution in [1.29, 1.82) is 0 Å². The summed E-state index contributed by atoms with van der Waals surface area (Å²) in [5, 5.41) is 5.00. The molecule has 1 saturated heterocycles. The molecule has 0 unspecified atom stereocenters. The summed E-state index contributed by atoms with van der Waals surface area (Å²) < 4.78 is 42.8. The molecule has 166 valence electrons. The zero-order valence-electron chi connectivity index (χ0n) is 17.3. The van der Waals surface area contributed by atoms with E-state index in [1.807, 2.05) is 11.0 Å². The van der Waals surface area contributed by atoms with Gasteiger partial charge in [-0.2, -0.15) is 23.0 Å². The van der Waals surface area contributed by atoms with Gasteiger partial charge in [0.2, 0.25) is 0 Å². The first-order chi connectivity index (χ1) is 15.3. The molecule has 0 bridgehead atoms. The molecule has 32 heavy (non-hydrogen) atoms. The summed E-state index contributed by atoms with van der Waals surface area (Å²) >= 11 is 6.16. The Bertz CT molecular complexity index is 1250. The number of fused-ring (bicyclic) bond motifs is 1. The number of nitrogens with zero attached hydrogens (tertiary/aromatic N) is 3. The first-order valence-corrected chi connectivity index (χ1v) is 11.1. The van der Waals surface area contributed by atoms with Crippen LogP contribution in [0.15, 0.2) is 47.3 Å². The molecule has 0 amide bonds. The standard InChI is InChI=1S/C24H21ClF3N3O/c25-16-6-3-5-15(13-16)22-18-7-4-8-19(18)23(32)31(29-22)21-14-17(30-11-1-2-12-30)9-10-20(21)24(26,27)28/h3,5-6,9-10,13-14H,1-2,4,7-8,11-12H2. The first kappa shape index (κ1) is 21.1. The van der Waals surface area contributed by atoms with Gasteiger partial charge in [-0.1, -0.05) is 23.7 Å². The Morgan fingerprint density at radius 3 is 2.41 bits per heavy atom. The van der Waals surface area contributed by atoms with Gasteiger partial charge >= 0.3 is 6.18 Å². The molecule has 0 radical (unpaired) electrons. The van der Waals surface area contributed by atoms with Crippen LogP contribution in [-0.2, 0) is 19.0 Å². The van der Waals surface area contributed by atoms with E-state index in [1.165, 1.54) is 12.1 Å². The average molecular weight is 460 g/mol. The highest BCUT2D eigenvalue weighted by Gasteiger charge is 2.36. The third-order valence-electron chi connectivity index (χ3n) is 6.24. The van der Waals surface area contributed by atoms with Gasteiger partial charge in [0.05, 0.1) is 16.9 Å². The van der Waals surface area contributed by atoms with Crippen molar-refractivity contribution < 1.29 is 13.2 Å². The second-order valence-corrected chi connectivity index (χ2v) is 8.72. The van der Waals surface area contributed by atoms with Crippen LogP contribution in [0.1, 0.15) is 36.0 Å². The predicted octanol–water partition coefficient (Wildman–Crippen LogP) is 5.66. The highest BCUT2D eigenvalue weighted by Crippen LogP contribution is 2.37. The normalized spacial score (nSPS) is 15.9. The van der Waals surface area contributed by atoms with E-state index < -0.39 is 17.3 Å². The Morgan fingerprint density at radius 2 is 1.69 bits per heavy atom. The molecule has 1 aliphatic heterocycles. The lowest BCUT2D eigenvalue weighted by molar-refractivity contribution is -0.137. The first-order valence-electron chi connectivity index (χ1n) is 10.7. The molecule has 2 heterocycles. The number of halogens is 4. The largest absolute Gasteiger partial charge is 0.418 e. The second kappa shape index (κ2) is 7.96. The smallest absolute Gasteiger partial charge is 0.371 e. The molecule has 0 atom stereocenters. The third-order valence-corrected chi connectivity index (χ3v) is 6.47. The fraction of sp³-hybridized carbons (Fsp3) is 0.333. The molecule has 0 spiro atoms. The van der Waals surface area contributed by atoms with Gasteiger partial charge in [-0.05, 0) is 68.0 Å². The van der Waals surface area contributed by atoms with Crippen molar-refractivity contribution in [3.05, 3.63) is 74.5 Å². The topological polar surface area (TPSA) is 38.1 Å². The summed E-state index contributed by atoms with van der Waals surface area (Å²) in [4.78, 5) is 15.4. The summed E-state index contributed by atoms with van der Waals surface area (Å²) in [6.07, 6.45) is -0.671.